The van der Waals surface area contributed by atoms with Crippen LogP contribution in [0.1, 0.15) is 24.6 Å². The number of aryl methyl sites for hydroxylation is 1. The Kier molecular flexibility index (Phi) is 5.45. The highest BCUT2D eigenvalue weighted by Crippen LogP contribution is 2.32. The van der Waals surface area contributed by atoms with E-state index in [1.165, 1.54) is 5.69 Å². The van der Waals surface area contributed by atoms with Gasteiger partial charge in [-0.2, -0.15) is 0 Å². The highest BCUT2D eigenvalue weighted by atomic mass is 16.5. The SMILES string of the molecule is Cn1cccc1[C@H]1CCCN1CC(=O)Nc1ccccc1N1CCOCC1. The predicted molar refractivity (Wildman–Crippen MR) is 107 cm³/mol. The van der Waals surface area contributed by atoms with Crippen molar-refractivity contribution in [2.24, 2.45) is 7.05 Å². The van der Waals surface area contributed by atoms with E-state index < -0.39 is 0 Å². The molecule has 3 heterocycles. The van der Waals surface area contributed by atoms with Gasteiger partial charge in [-0.05, 0) is 43.7 Å². The van der Waals surface area contributed by atoms with E-state index in [0.717, 1.165) is 57.1 Å². The molecule has 0 unspecified atom stereocenters. The number of amides is 1. The second-order valence-corrected chi connectivity index (χ2v) is 7.34. The number of para-hydroxylation sites is 2. The van der Waals surface area contributed by atoms with Gasteiger partial charge in [0.1, 0.15) is 0 Å². The summed E-state index contributed by atoms with van der Waals surface area (Å²) in [4.78, 5) is 17.4. The third-order valence-electron chi connectivity index (χ3n) is 5.57. The van der Waals surface area contributed by atoms with E-state index in [2.05, 4.69) is 51.1 Å². The maximum atomic E-state index is 12.8. The van der Waals surface area contributed by atoms with Crippen molar-refractivity contribution in [3.05, 3.63) is 48.3 Å². The van der Waals surface area contributed by atoms with Crippen LogP contribution in [0.4, 0.5) is 11.4 Å². The molecule has 0 saturated carbocycles. The fraction of sp³-hybridized carbons (Fsp3) is 0.476. The van der Waals surface area contributed by atoms with E-state index in [1.54, 1.807) is 0 Å². The van der Waals surface area contributed by atoms with E-state index in [0.29, 0.717) is 12.6 Å². The molecule has 2 saturated heterocycles. The number of rotatable bonds is 5. The molecule has 144 valence electrons. The maximum absolute atomic E-state index is 12.8. The highest BCUT2D eigenvalue weighted by Gasteiger charge is 2.29. The Morgan fingerprint density at radius 1 is 1.15 bits per heavy atom. The molecule has 2 aliphatic rings. The second-order valence-electron chi connectivity index (χ2n) is 7.34. The molecule has 1 aromatic heterocycles. The van der Waals surface area contributed by atoms with E-state index in [1.807, 2.05) is 18.2 Å². The number of benzene rings is 1. The van der Waals surface area contributed by atoms with Gasteiger partial charge in [0.2, 0.25) is 5.91 Å². The van der Waals surface area contributed by atoms with Gasteiger partial charge < -0.3 is 19.5 Å². The van der Waals surface area contributed by atoms with Crippen molar-refractivity contribution < 1.29 is 9.53 Å². The molecule has 1 amide bonds. The number of anilines is 2. The molecule has 1 aromatic carbocycles. The lowest BCUT2D eigenvalue weighted by molar-refractivity contribution is -0.117. The van der Waals surface area contributed by atoms with Gasteiger partial charge in [0.05, 0.1) is 37.2 Å². The van der Waals surface area contributed by atoms with Crippen LogP contribution in [0, 0.1) is 0 Å². The lowest BCUT2D eigenvalue weighted by atomic mass is 10.1. The predicted octanol–water partition coefficient (Wildman–Crippen LogP) is 2.64. The number of carbonyl (C=O) groups excluding carboxylic acids is 1. The van der Waals surface area contributed by atoms with Gasteiger partial charge in [0, 0.05) is 32.0 Å². The quantitative estimate of drug-likeness (QED) is 0.882. The summed E-state index contributed by atoms with van der Waals surface area (Å²) in [6.07, 6.45) is 4.31. The molecule has 6 nitrogen and oxygen atoms in total. The molecule has 27 heavy (non-hydrogen) atoms. The second kappa shape index (κ2) is 8.15. The van der Waals surface area contributed by atoms with Gasteiger partial charge >= 0.3 is 0 Å². The van der Waals surface area contributed by atoms with Gasteiger partial charge in [-0.1, -0.05) is 12.1 Å². The minimum absolute atomic E-state index is 0.0526. The Morgan fingerprint density at radius 3 is 2.74 bits per heavy atom. The molecular formula is C21H28N4O2. The third-order valence-corrected chi connectivity index (χ3v) is 5.57. The Hall–Kier alpha value is -2.31. The summed E-state index contributed by atoms with van der Waals surface area (Å²) < 4.78 is 7.61. The van der Waals surface area contributed by atoms with Gasteiger partial charge in [-0.15, -0.1) is 0 Å². The normalized spacial score (nSPS) is 20.8. The maximum Gasteiger partial charge on any atom is 0.238 e. The van der Waals surface area contributed by atoms with Crippen LogP contribution in [0.5, 0.6) is 0 Å². The zero-order valence-corrected chi connectivity index (χ0v) is 15.9. The lowest BCUT2D eigenvalue weighted by Gasteiger charge is -2.31. The van der Waals surface area contributed by atoms with Crippen LogP contribution in [0.2, 0.25) is 0 Å². The third kappa shape index (κ3) is 4.01. The summed E-state index contributed by atoms with van der Waals surface area (Å²) in [7, 11) is 2.07. The van der Waals surface area contributed by atoms with Crippen LogP contribution in [0.3, 0.4) is 0 Å². The van der Waals surface area contributed by atoms with Crippen molar-refractivity contribution in [3.63, 3.8) is 0 Å². The van der Waals surface area contributed by atoms with Gasteiger partial charge in [-0.25, -0.2) is 0 Å². The molecule has 2 aromatic rings. The summed E-state index contributed by atoms with van der Waals surface area (Å²) in [6, 6.07) is 12.6. The topological polar surface area (TPSA) is 49.7 Å². The molecule has 0 radical (unpaired) electrons. The number of likely N-dealkylation sites (tertiary alicyclic amines) is 1. The Morgan fingerprint density at radius 2 is 1.96 bits per heavy atom. The first-order valence-electron chi connectivity index (χ1n) is 9.79. The monoisotopic (exact) mass is 368 g/mol. The molecule has 6 heteroatoms. The summed E-state index contributed by atoms with van der Waals surface area (Å²) in [5.74, 6) is 0.0526. The molecule has 0 aliphatic carbocycles. The average Bonchev–Trinajstić information content (AvgIpc) is 3.31. The Bertz CT molecular complexity index is 782. The first kappa shape index (κ1) is 18.1. The van der Waals surface area contributed by atoms with E-state index in [-0.39, 0.29) is 5.91 Å². The summed E-state index contributed by atoms with van der Waals surface area (Å²) in [5.41, 5.74) is 3.25. The number of morpholine rings is 1. The van der Waals surface area contributed by atoms with Crippen molar-refractivity contribution in [2.45, 2.75) is 18.9 Å². The number of aromatic nitrogens is 1. The number of carbonyl (C=O) groups is 1. The van der Waals surface area contributed by atoms with E-state index >= 15 is 0 Å². The van der Waals surface area contributed by atoms with Crippen molar-refractivity contribution >= 4 is 17.3 Å². The van der Waals surface area contributed by atoms with E-state index in [4.69, 9.17) is 4.74 Å². The van der Waals surface area contributed by atoms with Gasteiger partial charge in [-0.3, -0.25) is 9.69 Å². The number of hydrogen-bond donors (Lipinski definition) is 1. The average molecular weight is 368 g/mol. The fourth-order valence-corrected chi connectivity index (χ4v) is 4.20. The molecular weight excluding hydrogens is 340 g/mol. The summed E-state index contributed by atoms with van der Waals surface area (Å²) in [5, 5.41) is 3.15. The standard InChI is InChI=1S/C21H28N4O2/c1-23-10-4-8-19(23)20-9-5-11-25(20)16-21(26)22-17-6-2-3-7-18(17)24-12-14-27-15-13-24/h2-4,6-8,10,20H,5,9,11-16H2,1H3,(H,22,26)/t20-/m1/s1. The number of ether oxygens (including phenoxy) is 1. The molecule has 4 rings (SSSR count). The van der Waals surface area contributed by atoms with Crippen LogP contribution >= 0.6 is 0 Å². The first-order valence-corrected chi connectivity index (χ1v) is 9.79. The summed E-state index contributed by atoms with van der Waals surface area (Å²) in [6.45, 7) is 4.56. The van der Waals surface area contributed by atoms with Crippen molar-refractivity contribution in [2.75, 3.05) is 49.6 Å². The molecule has 2 aliphatic heterocycles. The van der Waals surface area contributed by atoms with Crippen LogP contribution in [-0.2, 0) is 16.6 Å². The molecule has 0 bridgehead atoms. The lowest BCUT2D eigenvalue weighted by Crippen LogP contribution is -2.37. The van der Waals surface area contributed by atoms with Crippen LogP contribution in [0.15, 0.2) is 42.6 Å². The summed E-state index contributed by atoms with van der Waals surface area (Å²) >= 11 is 0. The minimum atomic E-state index is 0.0526. The smallest absolute Gasteiger partial charge is 0.238 e. The zero-order chi connectivity index (χ0) is 18.6. The highest BCUT2D eigenvalue weighted by molar-refractivity contribution is 5.95. The van der Waals surface area contributed by atoms with Crippen molar-refractivity contribution in [3.8, 4) is 0 Å². The molecule has 2 fully saturated rings. The van der Waals surface area contributed by atoms with Crippen LogP contribution in [-0.4, -0.2) is 54.8 Å². The number of nitrogens with zero attached hydrogens (tertiary/aromatic N) is 3. The van der Waals surface area contributed by atoms with Crippen molar-refractivity contribution in [1.82, 2.24) is 9.47 Å². The molecule has 1 N–H and O–H groups in total. The van der Waals surface area contributed by atoms with Crippen LogP contribution < -0.4 is 10.2 Å². The Balaban J connectivity index is 1.43. The van der Waals surface area contributed by atoms with Gasteiger partial charge in [0.25, 0.3) is 0 Å². The molecule has 1 atom stereocenters. The molecule has 0 spiro atoms. The first-order chi connectivity index (χ1) is 13.2. The van der Waals surface area contributed by atoms with Crippen LogP contribution in [0.25, 0.3) is 0 Å². The Labute approximate surface area is 160 Å². The zero-order valence-electron chi connectivity index (χ0n) is 15.9. The number of nitrogens with one attached hydrogen (secondary N) is 1. The minimum Gasteiger partial charge on any atom is -0.378 e. The fourth-order valence-electron chi connectivity index (χ4n) is 4.20. The largest absolute Gasteiger partial charge is 0.378 e. The van der Waals surface area contributed by atoms with E-state index in [9.17, 15) is 4.79 Å². The van der Waals surface area contributed by atoms with Gasteiger partial charge in [0.15, 0.2) is 0 Å². The number of hydrogen-bond acceptors (Lipinski definition) is 4. The van der Waals surface area contributed by atoms with Crippen molar-refractivity contribution in [1.29, 1.82) is 0 Å².